The highest BCUT2D eigenvalue weighted by Crippen LogP contribution is 2.47. The van der Waals surface area contributed by atoms with Crippen molar-refractivity contribution in [3.8, 4) is 4.90 Å². The summed E-state index contributed by atoms with van der Waals surface area (Å²) in [4.78, 5) is 1.31. The van der Waals surface area contributed by atoms with Crippen molar-refractivity contribution in [3.63, 3.8) is 0 Å². The predicted molar refractivity (Wildman–Crippen MR) is 91.2 cm³/mol. The molecule has 0 radical (unpaired) electrons. The summed E-state index contributed by atoms with van der Waals surface area (Å²) < 4.78 is 2.80. The molecule has 0 atom stereocenters. The van der Waals surface area contributed by atoms with Gasteiger partial charge in [0.1, 0.15) is 0 Å². The zero-order valence-electron chi connectivity index (χ0n) is 11.5. The molecule has 0 aliphatic rings. The molecule has 1 heterocycles. The summed E-state index contributed by atoms with van der Waals surface area (Å²) in [5.74, 6) is 0. The molecule has 1 nitrogen and oxygen atoms in total. The van der Waals surface area contributed by atoms with Crippen molar-refractivity contribution in [3.05, 3.63) is 78.4 Å². The molecular formula is C19H15OS+. The Hall–Kier alpha value is -2.16. The molecule has 0 unspecified atom stereocenters. The summed E-state index contributed by atoms with van der Waals surface area (Å²) in [7, 11) is -0.0324. The normalized spacial score (nSPS) is 11.3. The third kappa shape index (κ3) is 1.96. The monoisotopic (exact) mass is 291 g/mol. The summed E-state index contributed by atoms with van der Waals surface area (Å²) in [5.41, 5.74) is 0.961. The highest BCUT2D eigenvalue weighted by molar-refractivity contribution is 7.50. The Bertz CT molecular complexity index is 866. The lowest BCUT2D eigenvalue weighted by atomic mass is 10.2. The van der Waals surface area contributed by atoms with E-state index in [0.717, 1.165) is 5.56 Å². The second kappa shape index (κ2) is 4.99. The maximum absolute atomic E-state index is 9.21. The number of benzene rings is 3. The molecule has 1 N–H and O–H groups in total. The minimum absolute atomic E-state index is 0.0324. The Labute approximate surface area is 126 Å². The smallest absolute Gasteiger partial charge is 0.187 e. The van der Waals surface area contributed by atoms with Gasteiger partial charge in [0, 0.05) is 21.2 Å². The molecule has 0 fully saturated rings. The molecule has 3 aromatic carbocycles. The van der Waals surface area contributed by atoms with Gasteiger partial charge in [0.25, 0.3) is 0 Å². The lowest BCUT2D eigenvalue weighted by Crippen LogP contribution is -1.80. The minimum atomic E-state index is -0.0324. The second-order valence-corrected chi connectivity index (χ2v) is 7.06. The van der Waals surface area contributed by atoms with Crippen LogP contribution < -0.4 is 0 Å². The molecule has 4 aromatic rings. The zero-order chi connectivity index (χ0) is 14.2. The van der Waals surface area contributed by atoms with Gasteiger partial charge in [0.15, 0.2) is 14.3 Å². The fourth-order valence-corrected chi connectivity index (χ4v) is 5.22. The van der Waals surface area contributed by atoms with Gasteiger partial charge in [-0.05, 0) is 42.0 Å². The van der Waals surface area contributed by atoms with E-state index in [2.05, 4.69) is 60.7 Å². The summed E-state index contributed by atoms with van der Waals surface area (Å²) in [5, 5.41) is 11.9. The number of fused-ring (bicyclic) bond motifs is 3. The molecule has 1 aromatic heterocycles. The van der Waals surface area contributed by atoms with E-state index in [1.54, 1.807) is 0 Å². The van der Waals surface area contributed by atoms with E-state index in [-0.39, 0.29) is 17.1 Å². The predicted octanol–water partition coefficient (Wildman–Crippen LogP) is 5.22. The van der Waals surface area contributed by atoms with Crippen LogP contribution in [0, 0.1) is 0 Å². The molecule has 0 aliphatic carbocycles. The van der Waals surface area contributed by atoms with Gasteiger partial charge in [-0.25, -0.2) is 0 Å². The average Bonchev–Trinajstić information content (AvgIpc) is 2.90. The second-order valence-electron chi connectivity index (χ2n) is 5.10. The summed E-state index contributed by atoms with van der Waals surface area (Å²) >= 11 is 0. The molecule has 0 spiro atoms. The van der Waals surface area contributed by atoms with Gasteiger partial charge < -0.3 is 5.11 Å². The van der Waals surface area contributed by atoms with Crippen LogP contribution in [0.1, 0.15) is 5.56 Å². The van der Waals surface area contributed by atoms with Crippen molar-refractivity contribution in [2.75, 3.05) is 0 Å². The molecule has 0 saturated carbocycles. The number of aliphatic hydroxyl groups excluding tert-OH is 1. The van der Waals surface area contributed by atoms with Crippen LogP contribution >= 0.6 is 10.5 Å². The van der Waals surface area contributed by atoms with Crippen molar-refractivity contribution in [2.45, 2.75) is 6.61 Å². The van der Waals surface area contributed by atoms with Gasteiger partial charge in [0.2, 0.25) is 0 Å². The first-order valence-corrected chi connectivity index (χ1v) is 8.23. The maximum Gasteiger partial charge on any atom is 0.187 e. The Kier molecular flexibility index (Phi) is 2.99. The fraction of sp³-hybridized carbons (Fsp3) is 0.0526. The standard InChI is InChI=1S/C19H15OS/c20-13-14-9-11-15(12-10-14)21-18-7-3-1-5-16(18)17-6-2-4-8-19(17)21/h1-12,20H,13H2/q+1. The highest BCUT2D eigenvalue weighted by Gasteiger charge is 2.22. The largest absolute Gasteiger partial charge is 0.392 e. The van der Waals surface area contributed by atoms with Crippen LogP contribution in [0.3, 0.4) is 0 Å². The molecule has 2 heteroatoms. The molecule has 21 heavy (non-hydrogen) atoms. The molecule has 0 saturated heterocycles. The SMILES string of the molecule is OCc1ccc(-[s+]2c3ccccc3c3ccccc32)cc1. The van der Waals surface area contributed by atoms with Crippen LogP contribution in [-0.2, 0) is 6.61 Å². The van der Waals surface area contributed by atoms with Crippen molar-refractivity contribution in [2.24, 2.45) is 0 Å². The Balaban J connectivity index is 2.09. The molecular weight excluding hydrogens is 276 g/mol. The summed E-state index contributed by atoms with van der Waals surface area (Å²) in [6.07, 6.45) is 0. The van der Waals surface area contributed by atoms with Gasteiger partial charge in [-0.3, -0.25) is 0 Å². The van der Waals surface area contributed by atoms with E-state index in [0.29, 0.717) is 0 Å². The average molecular weight is 291 g/mol. The maximum atomic E-state index is 9.21. The molecule has 0 amide bonds. The Morgan fingerprint density at radius 1 is 0.667 bits per heavy atom. The van der Waals surface area contributed by atoms with Crippen molar-refractivity contribution < 1.29 is 5.11 Å². The highest BCUT2D eigenvalue weighted by atomic mass is 32.2. The van der Waals surface area contributed by atoms with Gasteiger partial charge in [-0.1, -0.05) is 36.4 Å². The van der Waals surface area contributed by atoms with Crippen LogP contribution in [0.5, 0.6) is 0 Å². The molecule has 102 valence electrons. The summed E-state index contributed by atoms with van der Waals surface area (Å²) in [6, 6.07) is 25.7. The van der Waals surface area contributed by atoms with E-state index >= 15 is 0 Å². The first-order chi connectivity index (χ1) is 10.4. The molecule has 0 bridgehead atoms. The van der Waals surface area contributed by atoms with Gasteiger partial charge in [-0.2, -0.15) is 0 Å². The fourth-order valence-electron chi connectivity index (χ4n) is 2.84. The number of hydrogen-bond acceptors (Lipinski definition) is 1. The van der Waals surface area contributed by atoms with E-state index in [9.17, 15) is 5.11 Å². The molecule has 4 rings (SSSR count). The van der Waals surface area contributed by atoms with E-state index in [1.807, 2.05) is 12.1 Å². The third-order valence-corrected chi connectivity index (χ3v) is 6.18. The van der Waals surface area contributed by atoms with Gasteiger partial charge in [0.05, 0.1) is 6.61 Å². The van der Waals surface area contributed by atoms with E-state index < -0.39 is 0 Å². The van der Waals surface area contributed by atoms with E-state index in [1.165, 1.54) is 25.1 Å². The van der Waals surface area contributed by atoms with Crippen molar-refractivity contribution in [1.82, 2.24) is 0 Å². The lowest BCUT2D eigenvalue weighted by Gasteiger charge is -1.96. The number of thiophene rings is 1. The Morgan fingerprint density at radius 2 is 1.19 bits per heavy atom. The van der Waals surface area contributed by atoms with Gasteiger partial charge >= 0.3 is 0 Å². The van der Waals surface area contributed by atoms with Crippen LogP contribution in [0.25, 0.3) is 25.1 Å². The zero-order valence-corrected chi connectivity index (χ0v) is 12.3. The first-order valence-electron chi connectivity index (χ1n) is 7.01. The van der Waals surface area contributed by atoms with Crippen molar-refractivity contribution >= 4 is 30.6 Å². The first kappa shape index (κ1) is 12.6. The molecule has 0 aliphatic heterocycles. The number of aliphatic hydroxyl groups is 1. The van der Waals surface area contributed by atoms with Crippen molar-refractivity contribution in [1.29, 1.82) is 0 Å². The van der Waals surface area contributed by atoms with Gasteiger partial charge in [-0.15, -0.1) is 0 Å². The lowest BCUT2D eigenvalue weighted by molar-refractivity contribution is 0.282. The van der Waals surface area contributed by atoms with E-state index in [4.69, 9.17) is 0 Å². The van der Waals surface area contributed by atoms with Crippen LogP contribution in [0.2, 0.25) is 0 Å². The van der Waals surface area contributed by atoms with Crippen LogP contribution in [0.15, 0.2) is 72.8 Å². The third-order valence-electron chi connectivity index (χ3n) is 3.85. The summed E-state index contributed by atoms with van der Waals surface area (Å²) in [6.45, 7) is 0.0984. The van der Waals surface area contributed by atoms with Crippen LogP contribution in [-0.4, -0.2) is 5.11 Å². The number of hydrogen-bond donors (Lipinski definition) is 1. The number of rotatable bonds is 2. The quantitative estimate of drug-likeness (QED) is 0.502. The minimum Gasteiger partial charge on any atom is -0.392 e. The topological polar surface area (TPSA) is 20.2 Å². The Morgan fingerprint density at radius 3 is 1.71 bits per heavy atom. The van der Waals surface area contributed by atoms with Crippen LogP contribution in [0.4, 0.5) is 0 Å².